The number of halogens is 3. The Bertz CT molecular complexity index is 510. The first kappa shape index (κ1) is 19.5. The molecule has 1 saturated heterocycles. The molecule has 1 heterocycles. The van der Waals surface area contributed by atoms with E-state index in [4.69, 9.17) is 0 Å². The van der Waals surface area contributed by atoms with Crippen molar-refractivity contribution in [2.75, 3.05) is 19.7 Å². The van der Waals surface area contributed by atoms with Gasteiger partial charge in [0.05, 0.1) is 0 Å². The monoisotopic (exact) mass is 364 g/mol. The third-order valence-electron chi connectivity index (χ3n) is 4.66. The molecule has 142 valence electrons. The van der Waals surface area contributed by atoms with Gasteiger partial charge in [-0.2, -0.15) is 13.2 Å². The Hall–Kier alpha value is -1.80. The van der Waals surface area contributed by atoms with Crippen molar-refractivity contribution in [1.82, 2.24) is 10.2 Å². The number of nitrogens with zero attached hydrogens (tertiary/aromatic N) is 1. The molecule has 2 fully saturated rings. The van der Waals surface area contributed by atoms with Crippen LogP contribution in [0.25, 0.3) is 0 Å². The van der Waals surface area contributed by atoms with Gasteiger partial charge in [-0.25, -0.2) is 4.79 Å². The standard InChI is InChI=1S/C16H23F3N2O4/c17-16(18,19)10-25-15(24)20-8-7-14(23)21-9-3-5-12(21)11-4-1-2-6-13(11)22/h11-12H,1-10H2,(H,20,24). The highest BCUT2D eigenvalue weighted by Gasteiger charge is 2.38. The Kier molecular flexibility index (Phi) is 6.66. The number of nitrogens with one attached hydrogen (secondary N) is 1. The molecule has 1 aliphatic carbocycles. The minimum Gasteiger partial charge on any atom is -0.440 e. The van der Waals surface area contributed by atoms with Gasteiger partial charge in [-0.05, 0) is 25.7 Å². The molecule has 2 atom stereocenters. The Morgan fingerprint density at radius 2 is 1.96 bits per heavy atom. The molecule has 0 bridgehead atoms. The molecule has 0 radical (unpaired) electrons. The summed E-state index contributed by atoms with van der Waals surface area (Å²) in [4.78, 5) is 37.3. The number of ether oxygens (including phenoxy) is 1. The molecule has 2 rings (SSSR count). The topological polar surface area (TPSA) is 75.7 Å². The van der Waals surface area contributed by atoms with E-state index in [9.17, 15) is 27.6 Å². The lowest BCUT2D eigenvalue weighted by atomic mass is 9.82. The Morgan fingerprint density at radius 1 is 1.20 bits per heavy atom. The Balaban J connectivity index is 1.76. The second kappa shape index (κ2) is 8.53. The van der Waals surface area contributed by atoms with Crippen molar-refractivity contribution in [1.29, 1.82) is 0 Å². The fraction of sp³-hybridized carbons (Fsp3) is 0.812. The zero-order valence-electron chi connectivity index (χ0n) is 13.9. The maximum atomic E-state index is 12.3. The number of hydrogen-bond acceptors (Lipinski definition) is 4. The summed E-state index contributed by atoms with van der Waals surface area (Å²) < 4.78 is 39.8. The summed E-state index contributed by atoms with van der Waals surface area (Å²) in [5.74, 6) is -0.0910. The molecule has 2 aliphatic rings. The molecule has 9 heteroatoms. The summed E-state index contributed by atoms with van der Waals surface area (Å²) in [6.45, 7) is -1.19. The number of rotatable bonds is 5. The van der Waals surface area contributed by atoms with Crippen LogP contribution in [0.4, 0.5) is 18.0 Å². The van der Waals surface area contributed by atoms with Crippen LogP contribution in [0.5, 0.6) is 0 Å². The van der Waals surface area contributed by atoms with Gasteiger partial charge in [-0.1, -0.05) is 6.42 Å². The van der Waals surface area contributed by atoms with E-state index in [1.54, 1.807) is 4.90 Å². The number of carbonyl (C=O) groups is 3. The molecule has 2 unspecified atom stereocenters. The van der Waals surface area contributed by atoms with Crippen molar-refractivity contribution < 1.29 is 32.3 Å². The van der Waals surface area contributed by atoms with Gasteiger partial charge in [-0.3, -0.25) is 9.59 Å². The van der Waals surface area contributed by atoms with Gasteiger partial charge in [0.25, 0.3) is 0 Å². The second-order valence-electron chi connectivity index (χ2n) is 6.48. The molecule has 1 N–H and O–H groups in total. The minimum atomic E-state index is -4.58. The lowest BCUT2D eigenvalue weighted by Gasteiger charge is -2.33. The summed E-state index contributed by atoms with van der Waals surface area (Å²) in [6, 6.07) is -0.0857. The van der Waals surface area contributed by atoms with Crippen LogP contribution in [0.3, 0.4) is 0 Å². The van der Waals surface area contributed by atoms with E-state index in [0.717, 1.165) is 32.1 Å². The maximum absolute atomic E-state index is 12.3. The minimum absolute atomic E-state index is 0.0292. The third kappa shape index (κ3) is 5.89. The second-order valence-corrected chi connectivity index (χ2v) is 6.48. The predicted octanol–water partition coefficient (Wildman–Crippen LogP) is 2.42. The van der Waals surface area contributed by atoms with E-state index in [1.165, 1.54) is 0 Å². The van der Waals surface area contributed by atoms with E-state index in [1.807, 2.05) is 0 Å². The quantitative estimate of drug-likeness (QED) is 0.813. The number of amides is 2. The van der Waals surface area contributed by atoms with Crippen LogP contribution in [0.15, 0.2) is 0 Å². The fourth-order valence-corrected chi connectivity index (χ4v) is 3.55. The van der Waals surface area contributed by atoms with Crippen molar-refractivity contribution in [3.05, 3.63) is 0 Å². The summed E-state index contributed by atoms with van der Waals surface area (Å²) in [6.07, 6.45) is -0.927. The molecule has 25 heavy (non-hydrogen) atoms. The molecular weight excluding hydrogens is 341 g/mol. The average Bonchev–Trinajstić information content (AvgIpc) is 3.02. The zero-order valence-corrected chi connectivity index (χ0v) is 13.9. The summed E-state index contributed by atoms with van der Waals surface area (Å²) in [5.41, 5.74) is 0. The first-order valence-electron chi connectivity index (χ1n) is 8.57. The van der Waals surface area contributed by atoms with E-state index in [-0.39, 0.29) is 36.6 Å². The summed E-state index contributed by atoms with van der Waals surface area (Å²) in [7, 11) is 0. The maximum Gasteiger partial charge on any atom is 0.422 e. The van der Waals surface area contributed by atoms with Gasteiger partial charge in [0.1, 0.15) is 5.78 Å². The molecule has 0 aromatic rings. The third-order valence-corrected chi connectivity index (χ3v) is 4.66. The highest BCUT2D eigenvalue weighted by Crippen LogP contribution is 2.32. The van der Waals surface area contributed by atoms with Crippen LogP contribution in [0, 0.1) is 5.92 Å². The van der Waals surface area contributed by atoms with Crippen molar-refractivity contribution in [3.63, 3.8) is 0 Å². The van der Waals surface area contributed by atoms with Crippen LogP contribution in [0.1, 0.15) is 44.9 Å². The summed E-state index contributed by atoms with van der Waals surface area (Å²) >= 11 is 0. The summed E-state index contributed by atoms with van der Waals surface area (Å²) in [5, 5.41) is 2.14. The Morgan fingerprint density at radius 3 is 2.64 bits per heavy atom. The van der Waals surface area contributed by atoms with Crippen molar-refractivity contribution >= 4 is 17.8 Å². The number of ketones is 1. The number of alkyl halides is 3. The van der Waals surface area contributed by atoms with Crippen molar-refractivity contribution in [2.24, 2.45) is 5.92 Å². The average molecular weight is 364 g/mol. The fourth-order valence-electron chi connectivity index (χ4n) is 3.55. The zero-order chi connectivity index (χ0) is 18.4. The van der Waals surface area contributed by atoms with Gasteiger partial charge in [-0.15, -0.1) is 0 Å². The van der Waals surface area contributed by atoms with Crippen LogP contribution >= 0.6 is 0 Å². The molecule has 1 aliphatic heterocycles. The van der Waals surface area contributed by atoms with Crippen LogP contribution < -0.4 is 5.32 Å². The molecule has 1 saturated carbocycles. The lowest BCUT2D eigenvalue weighted by molar-refractivity contribution is -0.160. The SMILES string of the molecule is O=C(NCCC(=O)N1CCCC1C1CCCCC1=O)OCC(F)(F)F. The first-order valence-corrected chi connectivity index (χ1v) is 8.57. The van der Waals surface area contributed by atoms with Crippen molar-refractivity contribution in [2.45, 2.75) is 57.2 Å². The highest BCUT2D eigenvalue weighted by molar-refractivity contribution is 5.84. The molecule has 0 aromatic carbocycles. The molecule has 0 spiro atoms. The number of likely N-dealkylation sites (tertiary alicyclic amines) is 1. The number of alkyl carbamates (subject to hydrolysis) is 1. The highest BCUT2D eigenvalue weighted by atomic mass is 19.4. The van der Waals surface area contributed by atoms with Crippen LogP contribution in [-0.2, 0) is 14.3 Å². The number of Topliss-reactive ketones (excluding diaryl/α,β-unsaturated/α-hetero) is 1. The van der Waals surface area contributed by atoms with Gasteiger partial charge < -0.3 is 15.0 Å². The lowest BCUT2D eigenvalue weighted by Crippen LogP contribution is -2.44. The first-order chi connectivity index (χ1) is 11.8. The predicted molar refractivity (Wildman–Crippen MR) is 81.7 cm³/mol. The van der Waals surface area contributed by atoms with E-state index in [0.29, 0.717) is 13.0 Å². The van der Waals surface area contributed by atoms with Crippen molar-refractivity contribution in [3.8, 4) is 0 Å². The molecule has 6 nitrogen and oxygen atoms in total. The molecule has 0 aromatic heterocycles. The molecular formula is C16H23F3N2O4. The van der Waals surface area contributed by atoms with E-state index >= 15 is 0 Å². The van der Waals surface area contributed by atoms with E-state index < -0.39 is 18.9 Å². The Labute approximate surface area is 144 Å². The molecule has 2 amide bonds. The van der Waals surface area contributed by atoms with Crippen LogP contribution in [0.2, 0.25) is 0 Å². The van der Waals surface area contributed by atoms with E-state index in [2.05, 4.69) is 10.1 Å². The van der Waals surface area contributed by atoms with Gasteiger partial charge in [0.15, 0.2) is 6.61 Å². The van der Waals surface area contributed by atoms with Crippen LogP contribution in [-0.4, -0.2) is 54.6 Å². The number of carbonyl (C=O) groups excluding carboxylic acids is 3. The smallest absolute Gasteiger partial charge is 0.422 e. The van der Waals surface area contributed by atoms with Gasteiger partial charge in [0.2, 0.25) is 5.91 Å². The van der Waals surface area contributed by atoms with Gasteiger partial charge >= 0.3 is 12.3 Å². The number of hydrogen-bond donors (Lipinski definition) is 1. The largest absolute Gasteiger partial charge is 0.440 e. The normalized spacial score (nSPS) is 24.3. The van der Waals surface area contributed by atoms with Gasteiger partial charge in [0, 0.05) is 37.9 Å².